The zero-order valence-corrected chi connectivity index (χ0v) is 24.8. The molecule has 212 valence electrons. The van der Waals surface area contributed by atoms with Gasteiger partial charge in [-0.05, 0) is 86.0 Å². The van der Waals surface area contributed by atoms with Crippen LogP contribution in [0.4, 0.5) is 0 Å². The van der Waals surface area contributed by atoms with E-state index >= 15 is 0 Å². The first kappa shape index (κ1) is 27.4. The number of ether oxygens (including phenoxy) is 2. The van der Waals surface area contributed by atoms with E-state index in [1.165, 1.54) is 15.9 Å². The van der Waals surface area contributed by atoms with Gasteiger partial charge in [-0.2, -0.15) is 14.6 Å². The summed E-state index contributed by atoms with van der Waals surface area (Å²) in [5, 5.41) is 9.45. The van der Waals surface area contributed by atoms with E-state index in [0.29, 0.717) is 34.4 Å². The van der Waals surface area contributed by atoms with Crippen molar-refractivity contribution in [1.29, 1.82) is 0 Å². The van der Waals surface area contributed by atoms with Crippen molar-refractivity contribution >= 4 is 22.4 Å². The molecule has 0 bridgehead atoms. The fraction of sp³-hybridized carbons (Fsp3) is 0.212. The highest BCUT2D eigenvalue weighted by molar-refractivity contribution is 7.15. The van der Waals surface area contributed by atoms with Gasteiger partial charge in [-0.1, -0.05) is 43.4 Å². The number of aromatic nitrogens is 5. The van der Waals surface area contributed by atoms with Crippen LogP contribution in [0.15, 0.2) is 83.8 Å². The molecule has 42 heavy (non-hydrogen) atoms. The first-order chi connectivity index (χ1) is 20.4. The number of rotatable bonds is 9. The highest BCUT2D eigenvalue weighted by Crippen LogP contribution is 2.29. The molecule has 3 aromatic carbocycles. The molecule has 0 radical (unpaired) electrons. The van der Waals surface area contributed by atoms with Crippen molar-refractivity contribution in [2.24, 2.45) is 5.92 Å². The van der Waals surface area contributed by atoms with Crippen molar-refractivity contribution in [2.45, 2.75) is 27.7 Å². The largest absolute Gasteiger partial charge is 0.494 e. The van der Waals surface area contributed by atoms with Crippen molar-refractivity contribution in [1.82, 2.24) is 24.4 Å². The molecular weight excluding hydrogens is 546 g/mol. The third-order valence-corrected chi connectivity index (χ3v) is 7.63. The van der Waals surface area contributed by atoms with E-state index < -0.39 is 0 Å². The fourth-order valence-electron chi connectivity index (χ4n) is 4.61. The molecule has 3 heterocycles. The summed E-state index contributed by atoms with van der Waals surface area (Å²) in [7, 11) is 0. The van der Waals surface area contributed by atoms with Gasteiger partial charge in [-0.25, -0.2) is 4.68 Å². The monoisotopic (exact) mass is 577 g/mol. The minimum Gasteiger partial charge on any atom is -0.494 e. The van der Waals surface area contributed by atoms with Crippen LogP contribution >= 0.6 is 11.3 Å². The summed E-state index contributed by atoms with van der Waals surface area (Å²) in [6, 6.07) is 23.5. The quantitative estimate of drug-likeness (QED) is 0.211. The lowest BCUT2D eigenvalue weighted by Gasteiger charge is -2.12. The highest BCUT2D eigenvalue weighted by atomic mass is 32.1. The molecule has 0 aliphatic heterocycles. The zero-order valence-electron chi connectivity index (χ0n) is 23.9. The SMILES string of the molecule is CCOc1ccc(-c2nc3sc(=Cc4cn(-c5ccccc5)nc4-c4ccc(OCC(C)C)c(C)c4)c(=O)n3n2)cc1. The normalized spacial score (nSPS) is 12.0. The predicted octanol–water partition coefficient (Wildman–Crippen LogP) is 5.96. The lowest BCUT2D eigenvalue weighted by Crippen LogP contribution is -2.23. The fourth-order valence-corrected chi connectivity index (χ4v) is 5.51. The Morgan fingerprint density at radius 3 is 2.40 bits per heavy atom. The second kappa shape index (κ2) is 11.6. The van der Waals surface area contributed by atoms with Crippen LogP contribution in [0.25, 0.3) is 39.4 Å². The lowest BCUT2D eigenvalue weighted by molar-refractivity contribution is 0.269. The van der Waals surface area contributed by atoms with Gasteiger partial charge in [0, 0.05) is 22.9 Å². The van der Waals surface area contributed by atoms with Gasteiger partial charge in [0.05, 0.1) is 23.4 Å². The molecular formula is C33H31N5O3S. The maximum atomic E-state index is 13.4. The second-order valence-corrected chi connectivity index (χ2v) is 11.4. The molecule has 0 amide bonds. The Kier molecular flexibility index (Phi) is 7.58. The average molecular weight is 578 g/mol. The number of hydrogen-bond acceptors (Lipinski definition) is 7. The highest BCUT2D eigenvalue weighted by Gasteiger charge is 2.16. The summed E-state index contributed by atoms with van der Waals surface area (Å²) in [4.78, 5) is 18.6. The van der Waals surface area contributed by atoms with Crippen molar-refractivity contribution in [3.05, 3.63) is 105 Å². The minimum atomic E-state index is -0.216. The Morgan fingerprint density at radius 1 is 0.952 bits per heavy atom. The summed E-state index contributed by atoms with van der Waals surface area (Å²) in [6.07, 6.45) is 3.82. The maximum absolute atomic E-state index is 13.4. The smallest absolute Gasteiger partial charge is 0.291 e. The molecule has 9 heteroatoms. The standard InChI is InChI=1S/C33H31N5O3S/c1-5-40-27-14-11-23(12-15-27)31-34-33-38(36-31)32(39)29(42-33)18-25-19-37(26-9-7-6-8-10-26)35-30(25)24-13-16-28(22(4)17-24)41-20-21(2)3/h6-19,21H,5,20H2,1-4H3. The Balaban J connectivity index is 1.40. The van der Waals surface area contributed by atoms with Gasteiger partial charge >= 0.3 is 0 Å². The van der Waals surface area contributed by atoms with Crippen molar-refractivity contribution < 1.29 is 9.47 Å². The second-order valence-electron chi connectivity index (χ2n) is 10.4. The topological polar surface area (TPSA) is 83.5 Å². The van der Waals surface area contributed by atoms with Crippen molar-refractivity contribution in [3.63, 3.8) is 0 Å². The van der Waals surface area contributed by atoms with Crippen LogP contribution in [0.3, 0.4) is 0 Å². The number of hydrogen-bond donors (Lipinski definition) is 0. The molecule has 0 N–H and O–H groups in total. The van der Waals surface area contributed by atoms with Gasteiger partial charge in [0.25, 0.3) is 5.56 Å². The van der Waals surface area contributed by atoms with E-state index in [4.69, 9.17) is 14.6 Å². The van der Waals surface area contributed by atoms with E-state index in [1.807, 2.05) is 97.5 Å². The van der Waals surface area contributed by atoms with Crippen LogP contribution in [0.2, 0.25) is 0 Å². The van der Waals surface area contributed by atoms with Gasteiger partial charge in [-0.3, -0.25) is 4.79 Å². The van der Waals surface area contributed by atoms with Gasteiger partial charge < -0.3 is 9.47 Å². The van der Waals surface area contributed by atoms with Crippen LogP contribution in [-0.2, 0) is 0 Å². The predicted molar refractivity (Wildman–Crippen MR) is 167 cm³/mol. The molecule has 3 aromatic heterocycles. The summed E-state index contributed by atoms with van der Waals surface area (Å²) in [5.41, 5.74) is 5.09. The van der Waals surface area contributed by atoms with Crippen LogP contribution in [0.1, 0.15) is 31.9 Å². The molecule has 0 saturated heterocycles. The maximum Gasteiger partial charge on any atom is 0.291 e. The number of benzene rings is 3. The van der Waals surface area contributed by atoms with Crippen LogP contribution in [0.5, 0.6) is 11.5 Å². The summed E-state index contributed by atoms with van der Waals surface area (Å²) in [5.74, 6) is 2.58. The molecule has 6 aromatic rings. The van der Waals surface area contributed by atoms with Gasteiger partial charge in [-0.15, -0.1) is 5.10 Å². The molecule has 0 spiro atoms. The Morgan fingerprint density at radius 2 is 1.71 bits per heavy atom. The Labute approximate surface area is 247 Å². The number of aryl methyl sites for hydroxylation is 1. The Bertz CT molecular complexity index is 1960. The molecule has 0 atom stereocenters. The van der Waals surface area contributed by atoms with E-state index in [9.17, 15) is 4.79 Å². The summed E-state index contributed by atoms with van der Waals surface area (Å²) in [6.45, 7) is 9.49. The van der Waals surface area contributed by atoms with E-state index in [0.717, 1.165) is 45.1 Å². The summed E-state index contributed by atoms with van der Waals surface area (Å²) < 4.78 is 15.3. The van der Waals surface area contributed by atoms with Crippen LogP contribution in [0, 0.1) is 12.8 Å². The number of fused-ring (bicyclic) bond motifs is 1. The van der Waals surface area contributed by atoms with Gasteiger partial charge in [0.1, 0.15) is 17.2 Å². The summed E-state index contributed by atoms with van der Waals surface area (Å²) >= 11 is 1.31. The van der Waals surface area contributed by atoms with Crippen LogP contribution in [-0.4, -0.2) is 37.6 Å². The average Bonchev–Trinajstić information content (AvgIpc) is 3.68. The first-order valence-electron chi connectivity index (χ1n) is 13.9. The lowest BCUT2D eigenvalue weighted by atomic mass is 10.0. The van der Waals surface area contributed by atoms with E-state index in [2.05, 4.69) is 30.0 Å². The van der Waals surface area contributed by atoms with E-state index in [1.54, 1.807) is 0 Å². The number of para-hydroxylation sites is 1. The minimum absolute atomic E-state index is 0.216. The van der Waals surface area contributed by atoms with Crippen molar-refractivity contribution in [3.8, 4) is 39.8 Å². The third-order valence-electron chi connectivity index (χ3n) is 6.68. The zero-order chi connectivity index (χ0) is 29.2. The molecule has 0 saturated carbocycles. The third kappa shape index (κ3) is 5.56. The molecule has 6 rings (SSSR count). The Hall–Kier alpha value is -4.76. The van der Waals surface area contributed by atoms with E-state index in [-0.39, 0.29) is 5.56 Å². The molecule has 0 fully saturated rings. The first-order valence-corrected chi connectivity index (χ1v) is 14.7. The van der Waals surface area contributed by atoms with Gasteiger partial charge in [0.15, 0.2) is 5.82 Å². The number of thiazole rings is 1. The molecule has 0 unspecified atom stereocenters. The van der Waals surface area contributed by atoms with Crippen LogP contribution < -0.4 is 19.6 Å². The number of nitrogens with zero attached hydrogens (tertiary/aromatic N) is 5. The van der Waals surface area contributed by atoms with Gasteiger partial charge in [0.2, 0.25) is 4.96 Å². The molecule has 0 aliphatic rings. The van der Waals surface area contributed by atoms with Crippen molar-refractivity contribution in [2.75, 3.05) is 13.2 Å². The molecule has 0 aliphatic carbocycles. The molecule has 8 nitrogen and oxygen atoms in total.